The van der Waals surface area contributed by atoms with Gasteiger partial charge in [-0.1, -0.05) is 66.2 Å². The largest absolute Gasteiger partial charge is 0.534 e. The van der Waals surface area contributed by atoms with Gasteiger partial charge in [-0.2, -0.15) is 21.6 Å². The number of rotatable bonds is 3. The van der Waals surface area contributed by atoms with E-state index in [9.17, 15) is 21.6 Å². The number of hydrogen-bond acceptors (Lipinski definition) is 3. The van der Waals surface area contributed by atoms with Crippen LogP contribution in [0.3, 0.4) is 0 Å². The molecule has 32 heavy (non-hydrogen) atoms. The summed E-state index contributed by atoms with van der Waals surface area (Å²) in [6.07, 6.45) is 0.459. The number of benzene rings is 4. The monoisotopic (exact) mass is 454 g/mol. The lowest BCUT2D eigenvalue weighted by Crippen LogP contribution is -2.28. The van der Waals surface area contributed by atoms with Crippen LogP contribution in [-0.4, -0.2) is 13.9 Å². The molecule has 0 radical (unpaired) electrons. The average Bonchev–Trinajstić information content (AvgIpc) is 2.73. The molecule has 7 heteroatoms. The lowest BCUT2D eigenvalue weighted by Gasteiger charge is -2.23. The summed E-state index contributed by atoms with van der Waals surface area (Å²) < 4.78 is 65.2. The SMILES string of the molecule is Cc1ccc(-c2ccc3c4c(cccc24)Cc2cc(OS(=O)(=O)C(F)(F)F)ccc2-3)cc1. The Morgan fingerprint density at radius 1 is 0.812 bits per heavy atom. The predicted molar refractivity (Wildman–Crippen MR) is 118 cm³/mol. The molecule has 3 nitrogen and oxygen atoms in total. The van der Waals surface area contributed by atoms with E-state index in [0.717, 1.165) is 38.6 Å². The van der Waals surface area contributed by atoms with Gasteiger partial charge in [0, 0.05) is 0 Å². The molecule has 0 fully saturated rings. The number of fused-ring (bicyclic) bond motifs is 2. The molecule has 0 saturated heterocycles. The Bertz CT molecular complexity index is 1470. The summed E-state index contributed by atoms with van der Waals surface area (Å²) in [4.78, 5) is 0. The van der Waals surface area contributed by atoms with Crippen LogP contribution in [0.5, 0.6) is 5.75 Å². The molecule has 0 aliphatic heterocycles. The summed E-state index contributed by atoms with van der Waals surface area (Å²) in [6, 6.07) is 22.6. The van der Waals surface area contributed by atoms with E-state index in [0.29, 0.717) is 12.0 Å². The zero-order valence-corrected chi connectivity index (χ0v) is 17.7. The van der Waals surface area contributed by atoms with Gasteiger partial charge in [-0.3, -0.25) is 0 Å². The van der Waals surface area contributed by atoms with Gasteiger partial charge in [-0.05, 0) is 69.6 Å². The molecule has 0 aromatic heterocycles. The summed E-state index contributed by atoms with van der Waals surface area (Å²) in [7, 11) is -5.72. The molecule has 1 aliphatic carbocycles. The van der Waals surface area contributed by atoms with Gasteiger partial charge in [0.2, 0.25) is 0 Å². The standard InChI is InChI=1S/C25H17F3O3S/c1-15-5-7-16(8-6-15)20-11-12-23-21-10-9-19(31-32(29,30)25(26,27)28)14-18(21)13-17-3-2-4-22(20)24(17)23/h2-12,14H,13H2,1H3. The van der Waals surface area contributed by atoms with E-state index in [1.165, 1.54) is 17.7 Å². The highest BCUT2D eigenvalue weighted by atomic mass is 32.2. The van der Waals surface area contributed by atoms with Crippen molar-refractivity contribution in [1.29, 1.82) is 0 Å². The fraction of sp³-hybridized carbons (Fsp3) is 0.120. The van der Waals surface area contributed by atoms with Crippen molar-refractivity contribution in [2.45, 2.75) is 18.9 Å². The number of hydrogen-bond donors (Lipinski definition) is 0. The Kier molecular flexibility index (Phi) is 4.57. The van der Waals surface area contributed by atoms with Crippen LogP contribution in [0, 0.1) is 6.92 Å². The molecule has 1 aliphatic rings. The highest BCUT2D eigenvalue weighted by molar-refractivity contribution is 7.88. The number of alkyl halides is 3. The highest BCUT2D eigenvalue weighted by Crippen LogP contribution is 2.44. The maximum Gasteiger partial charge on any atom is 0.534 e. The minimum absolute atomic E-state index is 0.354. The first kappa shape index (κ1) is 20.6. The normalized spacial score (nSPS) is 13.1. The highest BCUT2D eigenvalue weighted by Gasteiger charge is 2.48. The van der Waals surface area contributed by atoms with Gasteiger partial charge in [0.25, 0.3) is 0 Å². The summed E-state index contributed by atoms with van der Waals surface area (Å²) in [6.45, 7) is 2.04. The van der Waals surface area contributed by atoms with Crippen molar-refractivity contribution < 1.29 is 25.8 Å². The van der Waals surface area contributed by atoms with E-state index in [2.05, 4.69) is 34.5 Å². The number of aryl methyl sites for hydroxylation is 1. The first-order chi connectivity index (χ1) is 15.1. The van der Waals surface area contributed by atoms with Gasteiger partial charge in [0.05, 0.1) is 0 Å². The van der Waals surface area contributed by atoms with Gasteiger partial charge < -0.3 is 4.18 Å². The topological polar surface area (TPSA) is 43.4 Å². The van der Waals surface area contributed by atoms with Crippen molar-refractivity contribution in [3.63, 3.8) is 0 Å². The maximum atomic E-state index is 12.7. The molecular weight excluding hydrogens is 437 g/mol. The quantitative estimate of drug-likeness (QED) is 0.227. The van der Waals surface area contributed by atoms with Gasteiger partial charge in [0.1, 0.15) is 5.75 Å². The Morgan fingerprint density at radius 3 is 2.22 bits per heavy atom. The maximum absolute atomic E-state index is 12.7. The Balaban J connectivity index is 1.63. The summed E-state index contributed by atoms with van der Waals surface area (Å²) >= 11 is 0. The van der Waals surface area contributed by atoms with Gasteiger partial charge in [-0.15, -0.1) is 0 Å². The van der Waals surface area contributed by atoms with E-state index >= 15 is 0 Å². The van der Waals surface area contributed by atoms with Crippen LogP contribution in [0.15, 0.2) is 72.8 Å². The van der Waals surface area contributed by atoms with E-state index < -0.39 is 15.6 Å². The van der Waals surface area contributed by atoms with Crippen LogP contribution >= 0.6 is 0 Å². The molecule has 0 spiro atoms. The third-order valence-electron chi connectivity index (χ3n) is 5.73. The number of halogens is 3. The van der Waals surface area contributed by atoms with Crippen LogP contribution in [0.1, 0.15) is 16.7 Å². The van der Waals surface area contributed by atoms with Crippen molar-refractivity contribution in [1.82, 2.24) is 0 Å². The Morgan fingerprint density at radius 2 is 1.50 bits per heavy atom. The molecule has 0 saturated carbocycles. The minimum atomic E-state index is -5.72. The fourth-order valence-corrected chi connectivity index (χ4v) is 4.70. The van der Waals surface area contributed by atoms with Crippen molar-refractivity contribution in [3.8, 4) is 28.0 Å². The van der Waals surface area contributed by atoms with Gasteiger partial charge in [0.15, 0.2) is 0 Å². The van der Waals surface area contributed by atoms with Crippen LogP contribution in [0.4, 0.5) is 13.2 Å². The first-order valence-corrected chi connectivity index (χ1v) is 11.3. The lowest BCUT2D eigenvalue weighted by atomic mass is 9.81. The van der Waals surface area contributed by atoms with E-state index in [1.54, 1.807) is 6.07 Å². The van der Waals surface area contributed by atoms with Crippen molar-refractivity contribution in [2.75, 3.05) is 0 Å². The lowest BCUT2D eigenvalue weighted by molar-refractivity contribution is -0.0500. The summed E-state index contributed by atoms with van der Waals surface area (Å²) in [5.74, 6) is -0.354. The molecule has 4 aromatic carbocycles. The molecule has 0 heterocycles. The fourth-order valence-electron chi connectivity index (χ4n) is 4.25. The summed E-state index contributed by atoms with van der Waals surface area (Å²) in [5, 5.41) is 2.18. The third-order valence-corrected chi connectivity index (χ3v) is 6.71. The molecule has 0 unspecified atom stereocenters. The minimum Gasteiger partial charge on any atom is -0.376 e. The van der Waals surface area contributed by atoms with Crippen molar-refractivity contribution >= 4 is 20.9 Å². The zero-order valence-electron chi connectivity index (χ0n) is 16.9. The molecule has 0 N–H and O–H groups in total. The molecule has 0 bridgehead atoms. The molecule has 5 rings (SSSR count). The third kappa shape index (κ3) is 3.33. The van der Waals surface area contributed by atoms with Crippen molar-refractivity contribution in [2.24, 2.45) is 0 Å². The van der Waals surface area contributed by atoms with E-state index in [4.69, 9.17) is 0 Å². The van der Waals surface area contributed by atoms with E-state index in [1.807, 2.05) is 31.2 Å². The van der Waals surface area contributed by atoms with Gasteiger partial charge >= 0.3 is 15.6 Å². The Labute approximate surface area is 183 Å². The second kappa shape index (κ2) is 7.10. The van der Waals surface area contributed by atoms with Crippen LogP contribution in [0.25, 0.3) is 33.0 Å². The average molecular weight is 454 g/mol. The van der Waals surface area contributed by atoms with Crippen LogP contribution in [0.2, 0.25) is 0 Å². The van der Waals surface area contributed by atoms with Crippen LogP contribution in [-0.2, 0) is 16.5 Å². The van der Waals surface area contributed by atoms with Crippen LogP contribution < -0.4 is 4.18 Å². The molecule has 0 amide bonds. The van der Waals surface area contributed by atoms with Crippen molar-refractivity contribution in [3.05, 3.63) is 89.5 Å². The second-order valence-corrected chi connectivity index (χ2v) is 9.38. The van der Waals surface area contributed by atoms with Gasteiger partial charge in [-0.25, -0.2) is 0 Å². The summed E-state index contributed by atoms with van der Waals surface area (Å²) in [5.41, 5.74) is 1.44. The van der Waals surface area contributed by atoms with E-state index in [-0.39, 0.29) is 5.75 Å². The molecule has 162 valence electrons. The first-order valence-electron chi connectivity index (χ1n) is 9.90. The molecule has 4 aromatic rings. The Hall–Kier alpha value is -3.32. The smallest absolute Gasteiger partial charge is 0.376 e. The predicted octanol–water partition coefficient (Wildman–Crippen LogP) is 6.61. The molecule has 0 atom stereocenters. The second-order valence-electron chi connectivity index (χ2n) is 7.85. The molecular formula is C25H17F3O3S. The zero-order chi connectivity index (χ0) is 22.7.